The summed E-state index contributed by atoms with van der Waals surface area (Å²) in [7, 11) is 2.22. The molecule has 1 unspecified atom stereocenters. The highest BCUT2D eigenvalue weighted by Crippen LogP contribution is 2.25. The highest BCUT2D eigenvalue weighted by atomic mass is 16.3. The molecule has 1 N–H and O–H groups in total. The second-order valence-electron chi connectivity index (χ2n) is 8.18. The molecule has 1 saturated heterocycles. The highest BCUT2D eigenvalue weighted by Gasteiger charge is 2.28. The van der Waals surface area contributed by atoms with E-state index in [1.54, 1.807) is 0 Å². The number of rotatable bonds is 7. The average molecular weight is 319 g/mol. The van der Waals surface area contributed by atoms with E-state index in [-0.39, 0.29) is 11.5 Å². The van der Waals surface area contributed by atoms with Crippen molar-refractivity contribution in [3.63, 3.8) is 0 Å². The van der Waals surface area contributed by atoms with Gasteiger partial charge in [0.05, 0.1) is 6.10 Å². The Kier molecular flexibility index (Phi) is 6.63. The van der Waals surface area contributed by atoms with Gasteiger partial charge in [-0.1, -0.05) is 44.2 Å². The minimum atomic E-state index is -0.151. The third-order valence-electron chi connectivity index (χ3n) is 4.96. The van der Waals surface area contributed by atoms with Crippen molar-refractivity contribution < 1.29 is 5.11 Å². The molecule has 0 spiro atoms. The van der Waals surface area contributed by atoms with Gasteiger partial charge in [0.1, 0.15) is 0 Å². The number of benzene rings is 1. The third-order valence-corrected chi connectivity index (χ3v) is 4.96. The monoisotopic (exact) mass is 318 g/mol. The van der Waals surface area contributed by atoms with E-state index >= 15 is 0 Å². The van der Waals surface area contributed by atoms with E-state index < -0.39 is 0 Å². The minimum Gasteiger partial charge on any atom is -0.393 e. The molecule has 1 atom stereocenters. The summed E-state index contributed by atoms with van der Waals surface area (Å²) in [6.45, 7) is 12.2. The van der Waals surface area contributed by atoms with Crippen molar-refractivity contribution in [2.24, 2.45) is 11.3 Å². The van der Waals surface area contributed by atoms with E-state index in [4.69, 9.17) is 0 Å². The van der Waals surface area contributed by atoms with E-state index in [0.29, 0.717) is 5.92 Å². The van der Waals surface area contributed by atoms with E-state index in [1.807, 2.05) is 6.92 Å². The van der Waals surface area contributed by atoms with Crippen molar-refractivity contribution >= 4 is 0 Å². The summed E-state index contributed by atoms with van der Waals surface area (Å²) < 4.78 is 0. The fourth-order valence-electron chi connectivity index (χ4n) is 3.93. The molecule has 23 heavy (non-hydrogen) atoms. The zero-order valence-corrected chi connectivity index (χ0v) is 15.3. The quantitative estimate of drug-likeness (QED) is 0.836. The van der Waals surface area contributed by atoms with Gasteiger partial charge in [-0.2, -0.15) is 0 Å². The van der Waals surface area contributed by atoms with Gasteiger partial charge in [-0.3, -0.25) is 0 Å². The lowest BCUT2D eigenvalue weighted by molar-refractivity contribution is 0.0517. The van der Waals surface area contributed by atoms with Gasteiger partial charge in [-0.25, -0.2) is 0 Å². The first-order chi connectivity index (χ1) is 10.9. The molecule has 0 bridgehead atoms. The van der Waals surface area contributed by atoms with Gasteiger partial charge in [0.25, 0.3) is 0 Å². The Morgan fingerprint density at radius 2 is 1.83 bits per heavy atom. The van der Waals surface area contributed by atoms with Gasteiger partial charge in [-0.15, -0.1) is 0 Å². The first-order valence-electron chi connectivity index (χ1n) is 8.99. The number of hydrogen-bond donors (Lipinski definition) is 1. The molecule has 0 saturated carbocycles. The van der Waals surface area contributed by atoms with Crippen molar-refractivity contribution in [1.82, 2.24) is 9.80 Å². The van der Waals surface area contributed by atoms with Crippen LogP contribution < -0.4 is 0 Å². The Balaban J connectivity index is 1.78. The number of likely N-dealkylation sites (tertiary alicyclic amines) is 1. The number of hydrogen-bond acceptors (Lipinski definition) is 3. The zero-order chi connectivity index (χ0) is 16.9. The van der Waals surface area contributed by atoms with Crippen LogP contribution in [0, 0.1) is 11.3 Å². The van der Waals surface area contributed by atoms with Gasteiger partial charge < -0.3 is 14.9 Å². The molecule has 1 aliphatic heterocycles. The second kappa shape index (κ2) is 8.27. The van der Waals surface area contributed by atoms with Gasteiger partial charge in [0.2, 0.25) is 0 Å². The normalized spacial score (nSPS) is 19.2. The second-order valence-corrected chi connectivity index (χ2v) is 8.18. The summed E-state index contributed by atoms with van der Waals surface area (Å²) >= 11 is 0. The highest BCUT2D eigenvalue weighted by molar-refractivity contribution is 5.14. The molecule has 0 radical (unpaired) electrons. The maximum Gasteiger partial charge on any atom is 0.0541 e. The lowest BCUT2D eigenvalue weighted by atomic mass is 9.88. The van der Waals surface area contributed by atoms with Crippen LogP contribution in [0.25, 0.3) is 0 Å². The fraction of sp³-hybridized carbons (Fsp3) is 0.700. The standard InChI is InChI=1S/C20H34N2O/c1-17(23)19-10-12-22(13-11-19)16-20(2,3)15-21(4)14-18-8-6-5-7-9-18/h5-9,17,19,23H,10-16H2,1-4H3. The largest absolute Gasteiger partial charge is 0.393 e. The van der Waals surface area contributed by atoms with Crippen LogP contribution in [0.4, 0.5) is 0 Å². The molecule has 0 aromatic heterocycles. The molecule has 0 amide bonds. The summed E-state index contributed by atoms with van der Waals surface area (Å²) in [6.07, 6.45) is 2.11. The summed E-state index contributed by atoms with van der Waals surface area (Å²) in [5, 5.41) is 9.73. The molecule has 130 valence electrons. The molecule has 0 aliphatic carbocycles. The Morgan fingerprint density at radius 1 is 1.22 bits per heavy atom. The van der Waals surface area contributed by atoms with Crippen LogP contribution in [-0.4, -0.2) is 54.2 Å². The Hall–Kier alpha value is -0.900. The van der Waals surface area contributed by atoms with Gasteiger partial charge in [0, 0.05) is 19.6 Å². The van der Waals surface area contributed by atoms with Crippen LogP contribution >= 0.6 is 0 Å². The Morgan fingerprint density at radius 3 is 2.39 bits per heavy atom. The first-order valence-corrected chi connectivity index (χ1v) is 8.99. The van der Waals surface area contributed by atoms with Gasteiger partial charge >= 0.3 is 0 Å². The van der Waals surface area contributed by atoms with Crippen LogP contribution in [0.5, 0.6) is 0 Å². The number of nitrogens with zero attached hydrogens (tertiary/aromatic N) is 2. The molecule has 2 rings (SSSR count). The molecule has 1 heterocycles. The average Bonchev–Trinajstić information content (AvgIpc) is 2.47. The molecule has 1 aliphatic rings. The van der Waals surface area contributed by atoms with E-state index in [1.165, 1.54) is 5.56 Å². The van der Waals surface area contributed by atoms with Crippen LogP contribution in [0.3, 0.4) is 0 Å². The summed E-state index contributed by atoms with van der Waals surface area (Å²) in [5.41, 5.74) is 1.66. The van der Waals surface area contributed by atoms with Crippen molar-refractivity contribution in [3.8, 4) is 0 Å². The number of aliphatic hydroxyl groups is 1. The first kappa shape index (κ1) is 18.4. The van der Waals surface area contributed by atoms with Crippen LogP contribution in [-0.2, 0) is 6.54 Å². The summed E-state index contributed by atoms with van der Waals surface area (Å²) in [5.74, 6) is 0.495. The lowest BCUT2D eigenvalue weighted by Crippen LogP contribution is -2.45. The third kappa shape index (κ3) is 6.25. The molecule has 1 aromatic carbocycles. The molecule has 3 heteroatoms. The van der Waals surface area contributed by atoms with Crippen LogP contribution in [0.1, 0.15) is 39.2 Å². The maximum atomic E-state index is 9.73. The fourth-order valence-corrected chi connectivity index (χ4v) is 3.93. The lowest BCUT2D eigenvalue weighted by Gasteiger charge is -2.39. The topological polar surface area (TPSA) is 26.7 Å². The predicted molar refractivity (Wildman–Crippen MR) is 97.4 cm³/mol. The molecule has 3 nitrogen and oxygen atoms in total. The van der Waals surface area contributed by atoms with Gasteiger partial charge in [-0.05, 0) is 56.8 Å². The van der Waals surface area contributed by atoms with Crippen LogP contribution in [0.15, 0.2) is 30.3 Å². The van der Waals surface area contributed by atoms with E-state index in [0.717, 1.165) is 45.6 Å². The van der Waals surface area contributed by atoms with Crippen LogP contribution in [0.2, 0.25) is 0 Å². The van der Waals surface area contributed by atoms with Crippen molar-refractivity contribution in [3.05, 3.63) is 35.9 Å². The van der Waals surface area contributed by atoms with E-state index in [2.05, 4.69) is 61.0 Å². The predicted octanol–water partition coefficient (Wildman–Crippen LogP) is 3.24. The Labute approximate surface area is 142 Å². The molecular formula is C20H34N2O. The van der Waals surface area contributed by atoms with E-state index in [9.17, 15) is 5.11 Å². The SMILES string of the molecule is CC(O)C1CCN(CC(C)(C)CN(C)Cc2ccccc2)CC1. The number of aliphatic hydroxyl groups excluding tert-OH is 1. The molecule has 1 fully saturated rings. The zero-order valence-electron chi connectivity index (χ0n) is 15.3. The van der Waals surface area contributed by atoms with Crippen molar-refractivity contribution in [1.29, 1.82) is 0 Å². The smallest absolute Gasteiger partial charge is 0.0541 e. The maximum absolute atomic E-state index is 9.73. The molecular weight excluding hydrogens is 284 g/mol. The molecule has 1 aromatic rings. The van der Waals surface area contributed by atoms with Crippen molar-refractivity contribution in [2.45, 2.75) is 46.3 Å². The minimum absolute atomic E-state index is 0.151. The Bertz CT molecular complexity index is 450. The number of piperidine rings is 1. The van der Waals surface area contributed by atoms with Gasteiger partial charge in [0.15, 0.2) is 0 Å². The van der Waals surface area contributed by atoms with Crippen molar-refractivity contribution in [2.75, 3.05) is 33.2 Å². The summed E-state index contributed by atoms with van der Waals surface area (Å²) in [4.78, 5) is 5.01. The summed E-state index contributed by atoms with van der Waals surface area (Å²) in [6, 6.07) is 10.7.